The molecule has 2 saturated heterocycles. The molecule has 4 saturated carbocycles. The molecule has 0 bridgehead atoms. The number of nitrogens with zero attached hydrogens (tertiary/aromatic N) is 1. The minimum atomic E-state index is 0.532. The van der Waals surface area contributed by atoms with Crippen LogP contribution in [-0.2, 0) is 0 Å². The molecule has 1 nitrogen and oxygen atoms in total. The number of hydrogen-bond donors (Lipinski definition) is 0. The zero-order valence-corrected chi connectivity index (χ0v) is 17.4. The Morgan fingerprint density at radius 1 is 0.625 bits per heavy atom. The van der Waals surface area contributed by atoms with Crippen molar-refractivity contribution in [2.45, 2.75) is 82.7 Å². The Bertz CT molecular complexity index is 490. The second kappa shape index (κ2) is 6.11. The fourth-order valence-corrected chi connectivity index (χ4v) is 12.0. The van der Waals surface area contributed by atoms with Gasteiger partial charge in [-0.3, -0.25) is 0 Å². The third kappa shape index (κ3) is 2.26. The van der Waals surface area contributed by atoms with Crippen molar-refractivity contribution < 1.29 is 21.2 Å². The summed E-state index contributed by atoms with van der Waals surface area (Å²) < 4.78 is 3.18. The first-order valence-corrected chi connectivity index (χ1v) is 14.2. The van der Waals surface area contributed by atoms with E-state index in [1.54, 1.807) is 79.6 Å². The van der Waals surface area contributed by atoms with Gasteiger partial charge >= 0.3 is 159 Å². The number of fused-ring (bicyclic) bond motifs is 9. The van der Waals surface area contributed by atoms with Crippen LogP contribution in [0, 0.1) is 41.4 Å². The topological polar surface area (TPSA) is 3.24 Å². The van der Waals surface area contributed by atoms with Crippen LogP contribution in [0.3, 0.4) is 0 Å². The Hall–Kier alpha value is 0.690. The first-order chi connectivity index (χ1) is 11.9. The maximum atomic E-state index is 3.07. The van der Waals surface area contributed by atoms with Crippen molar-refractivity contribution in [1.29, 1.82) is 0 Å². The molecular formula is C22H35IN-. The van der Waals surface area contributed by atoms with Gasteiger partial charge in [-0.2, -0.15) is 0 Å². The van der Waals surface area contributed by atoms with Gasteiger partial charge in [0, 0.05) is 0 Å². The molecule has 9 atom stereocenters. The molecule has 0 aromatic carbocycles. The van der Waals surface area contributed by atoms with Crippen LogP contribution in [0.25, 0.3) is 0 Å². The van der Waals surface area contributed by atoms with Crippen LogP contribution >= 0.6 is 0 Å². The third-order valence-corrected chi connectivity index (χ3v) is 12.3. The summed E-state index contributed by atoms with van der Waals surface area (Å²) in [6.45, 7) is 0. The van der Waals surface area contributed by atoms with Crippen molar-refractivity contribution in [2.24, 2.45) is 41.4 Å². The third-order valence-electron chi connectivity index (χ3n) is 9.67. The Balaban J connectivity index is 1.24. The van der Waals surface area contributed by atoms with Crippen LogP contribution in [0.15, 0.2) is 0 Å². The number of halogens is 1. The molecule has 0 amide bonds. The first-order valence-electron chi connectivity index (χ1n) is 11.2. The van der Waals surface area contributed by atoms with Crippen molar-refractivity contribution in [3.05, 3.63) is 0 Å². The molecule has 0 spiro atoms. The van der Waals surface area contributed by atoms with Gasteiger partial charge in [-0.15, -0.1) is 0 Å². The van der Waals surface area contributed by atoms with Crippen molar-refractivity contribution in [2.75, 3.05) is 8.98 Å². The summed E-state index contributed by atoms with van der Waals surface area (Å²) >= 11 is 0.532. The molecule has 0 radical (unpaired) electrons. The Morgan fingerprint density at radius 2 is 1.42 bits per heavy atom. The zero-order chi connectivity index (χ0) is 15.7. The molecule has 2 heteroatoms. The molecule has 6 fully saturated rings. The molecule has 6 rings (SSSR count). The minimum absolute atomic E-state index is 0.532. The summed E-state index contributed by atoms with van der Waals surface area (Å²) in [4.78, 5) is 3.07. The second-order valence-electron chi connectivity index (χ2n) is 10.2. The fraction of sp³-hybridized carbons (Fsp3) is 1.00. The normalized spacial score (nSPS) is 57.1. The summed E-state index contributed by atoms with van der Waals surface area (Å²) in [5.74, 6) is 8.07. The summed E-state index contributed by atoms with van der Waals surface area (Å²) in [5.41, 5.74) is 0. The van der Waals surface area contributed by atoms with E-state index in [0.29, 0.717) is 21.2 Å². The SMILES string of the molecule is C1CCC2C(C1)CCC1C2CCC2C1CC1C2CC2CC[I-]CN21. The van der Waals surface area contributed by atoms with E-state index in [-0.39, 0.29) is 0 Å². The van der Waals surface area contributed by atoms with E-state index in [4.69, 9.17) is 0 Å². The number of rotatable bonds is 0. The number of alkyl halides is 2. The maximum absolute atomic E-state index is 3.07. The van der Waals surface area contributed by atoms with E-state index in [1.165, 1.54) is 0 Å². The van der Waals surface area contributed by atoms with Crippen molar-refractivity contribution in [1.82, 2.24) is 4.90 Å². The van der Waals surface area contributed by atoms with E-state index in [2.05, 4.69) is 4.90 Å². The van der Waals surface area contributed by atoms with Crippen molar-refractivity contribution >= 4 is 0 Å². The van der Waals surface area contributed by atoms with Crippen LogP contribution in [0.2, 0.25) is 0 Å². The van der Waals surface area contributed by atoms with Crippen LogP contribution in [-0.4, -0.2) is 26.0 Å². The first kappa shape index (κ1) is 15.7. The average molecular weight is 440 g/mol. The van der Waals surface area contributed by atoms with Gasteiger partial charge in [-0.05, 0) is 0 Å². The van der Waals surface area contributed by atoms with Gasteiger partial charge < -0.3 is 0 Å². The van der Waals surface area contributed by atoms with Gasteiger partial charge in [0.1, 0.15) is 0 Å². The molecule has 0 aromatic heterocycles. The molecule has 0 aromatic rings. The van der Waals surface area contributed by atoms with E-state index in [0.717, 1.165) is 53.5 Å². The molecule has 9 unspecified atom stereocenters. The predicted molar refractivity (Wildman–Crippen MR) is 94.4 cm³/mol. The van der Waals surface area contributed by atoms with Gasteiger partial charge in [-0.25, -0.2) is 0 Å². The van der Waals surface area contributed by atoms with Crippen LogP contribution < -0.4 is 21.2 Å². The molecule has 136 valence electrons. The molecule has 2 heterocycles. The summed E-state index contributed by atoms with van der Waals surface area (Å²) in [6.07, 6.45) is 17.6. The Morgan fingerprint density at radius 3 is 2.38 bits per heavy atom. The van der Waals surface area contributed by atoms with Gasteiger partial charge in [-0.1, -0.05) is 0 Å². The molecule has 24 heavy (non-hydrogen) atoms. The van der Waals surface area contributed by atoms with Gasteiger partial charge in [0.15, 0.2) is 0 Å². The Labute approximate surface area is 159 Å². The summed E-state index contributed by atoms with van der Waals surface area (Å²) in [6, 6.07) is 2.08. The molecular weight excluding hydrogens is 405 g/mol. The zero-order valence-electron chi connectivity index (χ0n) is 15.2. The Kier molecular flexibility index (Phi) is 4.00. The van der Waals surface area contributed by atoms with Gasteiger partial charge in [0.25, 0.3) is 0 Å². The van der Waals surface area contributed by atoms with Crippen molar-refractivity contribution in [3.63, 3.8) is 0 Å². The molecule has 2 aliphatic heterocycles. The fourth-order valence-electron chi connectivity index (χ4n) is 8.86. The van der Waals surface area contributed by atoms with Gasteiger partial charge in [0.2, 0.25) is 0 Å². The summed E-state index contributed by atoms with van der Waals surface area (Å²) in [5, 5.41) is 0. The summed E-state index contributed by atoms with van der Waals surface area (Å²) in [7, 11) is 0. The monoisotopic (exact) mass is 440 g/mol. The molecule has 6 aliphatic rings. The predicted octanol–water partition coefficient (Wildman–Crippen LogP) is 1.76. The van der Waals surface area contributed by atoms with E-state index in [9.17, 15) is 0 Å². The van der Waals surface area contributed by atoms with E-state index >= 15 is 0 Å². The second-order valence-corrected chi connectivity index (χ2v) is 13.0. The van der Waals surface area contributed by atoms with Crippen molar-refractivity contribution in [3.8, 4) is 0 Å². The standard InChI is InChI=1S/C22H35IN/c1-2-4-16-14(3-1)5-6-18-17(16)7-8-19-20(18)12-22-21(19)11-15-9-10-23-13-24(15)22/h14-22H,1-13H2/q-1. The van der Waals surface area contributed by atoms with E-state index in [1.807, 2.05) is 0 Å². The average Bonchev–Trinajstić information content (AvgIpc) is 3.17. The molecule has 0 N–H and O–H groups in total. The van der Waals surface area contributed by atoms with E-state index < -0.39 is 0 Å². The van der Waals surface area contributed by atoms with Crippen LogP contribution in [0.5, 0.6) is 0 Å². The van der Waals surface area contributed by atoms with Gasteiger partial charge in [0.05, 0.1) is 0 Å². The quantitative estimate of drug-likeness (QED) is 0.315. The van der Waals surface area contributed by atoms with Crippen LogP contribution in [0.1, 0.15) is 70.6 Å². The van der Waals surface area contributed by atoms with Crippen LogP contribution in [0.4, 0.5) is 0 Å². The number of hydrogen-bond acceptors (Lipinski definition) is 1. The molecule has 4 aliphatic carbocycles.